The number of rotatable bonds is 6. The third-order valence-electron chi connectivity index (χ3n) is 6.85. The lowest BCUT2D eigenvalue weighted by Crippen LogP contribution is -2.48. The molecule has 0 spiro atoms. The van der Waals surface area contributed by atoms with Crippen LogP contribution in [0.5, 0.6) is 5.75 Å². The predicted molar refractivity (Wildman–Crippen MR) is 139 cm³/mol. The van der Waals surface area contributed by atoms with Crippen molar-refractivity contribution < 1.29 is 27.2 Å². The normalized spacial score (nSPS) is 14.4. The zero-order chi connectivity index (χ0) is 27.6. The average molecular weight is 537 g/mol. The lowest BCUT2D eigenvalue weighted by Gasteiger charge is -2.35. The number of hydrogen-bond acceptors (Lipinski definition) is 6. The Balaban J connectivity index is 1.23. The maximum absolute atomic E-state index is 13.1. The number of methoxy groups -OCH3 is 1. The first-order chi connectivity index (χ1) is 18.7. The van der Waals surface area contributed by atoms with Gasteiger partial charge in [0.1, 0.15) is 5.75 Å². The van der Waals surface area contributed by atoms with E-state index in [4.69, 9.17) is 9.26 Å². The van der Waals surface area contributed by atoms with Gasteiger partial charge in [0, 0.05) is 55.0 Å². The second-order valence-corrected chi connectivity index (χ2v) is 9.40. The van der Waals surface area contributed by atoms with Gasteiger partial charge in [0.25, 0.3) is 11.8 Å². The molecule has 1 fully saturated rings. The van der Waals surface area contributed by atoms with Gasteiger partial charge in [-0.25, -0.2) is 0 Å². The van der Waals surface area contributed by atoms with Crippen LogP contribution in [0, 0.1) is 6.92 Å². The van der Waals surface area contributed by atoms with E-state index in [0.29, 0.717) is 42.3 Å². The summed E-state index contributed by atoms with van der Waals surface area (Å²) in [6.45, 7) is 5.23. The van der Waals surface area contributed by atoms with Crippen molar-refractivity contribution in [1.82, 2.24) is 19.9 Å². The standard InChI is InChI=1S/C29H27F3N4O3/c1-19-24(10-5-11-25(19)38-2)28(37)36-14-12-35(13-15-36)18-20-6-3-7-21(16-20)26-33-27(39-34-26)22-8-4-9-23(17-22)29(30,31)32/h3-11,16-17H,12-15,18H2,1-2H3. The largest absolute Gasteiger partial charge is 0.496 e. The third kappa shape index (κ3) is 5.80. The molecule has 2 heterocycles. The molecule has 0 atom stereocenters. The Bertz CT molecular complexity index is 1480. The van der Waals surface area contributed by atoms with Crippen LogP contribution < -0.4 is 4.74 Å². The smallest absolute Gasteiger partial charge is 0.416 e. The van der Waals surface area contributed by atoms with Gasteiger partial charge in [-0.1, -0.05) is 35.5 Å². The first-order valence-corrected chi connectivity index (χ1v) is 12.5. The molecule has 3 aromatic carbocycles. The van der Waals surface area contributed by atoms with Crippen LogP contribution in [0.25, 0.3) is 22.8 Å². The molecular formula is C29H27F3N4O3. The minimum absolute atomic E-state index is 0.00160. The summed E-state index contributed by atoms with van der Waals surface area (Å²) in [5.74, 6) is 1.02. The number of benzene rings is 3. The van der Waals surface area contributed by atoms with E-state index < -0.39 is 11.7 Å². The number of alkyl halides is 3. The summed E-state index contributed by atoms with van der Waals surface area (Å²) in [6.07, 6.45) is -4.46. The lowest BCUT2D eigenvalue weighted by atomic mass is 10.1. The zero-order valence-electron chi connectivity index (χ0n) is 21.5. The Morgan fingerprint density at radius 3 is 2.44 bits per heavy atom. The molecule has 0 aliphatic carbocycles. The van der Waals surface area contributed by atoms with Crippen LogP contribution in [0.15, 0.2) is 71.3 Å². The van der Waals surface area contributed by atoms with Crippen molar-refractivity contribution in [2.45, 2.75) is 19.6 Å². The molecule has 1 aromatic heterocycles. The number of carbonyl (C=O) groups excluding carboxylic acids is 1. The summed E-state index contributed by atoms with van der Waals surface area (Å²) in [6, 6.07) is 18.0. The van der Waals surface area contributed by atoms with Gasteiger partial charge >= 0.3 is 6.18 Å². The Morgan fingerprint density at radius 1 is 0.974 bits per heavy atom. The SMILES string of the molecule is COc1cccc(C(=O)N2CCN(Cc3cccc(-c4noc(-c5cccc(C(F)(F)F)c5)n4)c3)CC2)c1C. The van der Waals surface area contributed by atoms with Gasteiger partial charge in [-0.05, 0) is 48.9 Å². The molecule has 0 saturated carbocycles. The van der Waals surface area contributed by atoms with Crippen LogP contribution in [0.3, 0.4) is 0 Å². The maximum atomic E-state index is 13.1. The van der Waals surface area contributed by atoms with Crippen LogP contribution in [-0.2, 0) is 12.7 Å². The molecule has 0 bridgehead atoms. The number of ether oxygens (including phenoxy) is 1. The molecule has 5 rings (SSSR count). The van der Waals surface area contributed by atoms with E-state index >= 15 is 0 Å². The highest BCUT2D eigenvalue weighted by Gasteiger charge is 2.31. The minimum atomic E-state index is -4.46. The second kappa shape index (κ2) is 10.9. The predicted octanol–water partition coefficient (Wildman–Crippen LogP) is 5.70. The molecule has 1 saturated heterocycles. The van der Waals surface area contributed by atoms with Gasteiger partial charge < -0.3 is 14.2 Å². The van der Waals surface area contributed by atoms with Gasteiger partial charge in [-0.15, -0.1) is 0 Å². The highest BCUT2D eigenvalue weighted by molar-refractivity contribution is 5.96. The molecular weight excluding hydrogens is 509 g/mol. The van der Waals surface area contributed by atoms with Crippen molar-refractivity contribution in [3.63, 3.8) is 0 Å². The van der Waals surface area contributed by atoms with E-state index in [9.17, 15) is 18.0 Å². The van der Waals surface area contributed by atoms with Crippen LogP contribution in [0.1, 0.15) is 27.0 Å². The Hall–Kier alpha value is -4.18. The van der Waals surface area contributed by atoms with Gasteiger partial charge in [0.05, 0.1) is 12.7 Å². The van der Waals surface area contributed by atoms with Crippen LogP contribution in [0.2, 0.25) is 0 Å². The van der Waals surface area contributed by atoms with Crippen LogP contribution >= 0.6 is 0 Å². The van der Waals surface area contributed by atoms with Crippen molar-refractivity contribution in [2.75, 3.05) is 33.3 Å². The molecule has 4 aromatic rings. The highest BCUT2D eigenvalue weighted by Crippen LogP contribution is 2.32. The van der Waals surface area contributed by atoms with E-state index in [1.807, 2.05) is 54.3 Å². The van der Waals surface area contributed by atoms with E-state index in [-0.39, 0.29) is 17.4 Å². The molecule has 7 nitrogen and oxygen atoms in total. The number of nitrogens with zero attached hydrogens (tertiary/aromatic N) is 4. The summed E-state index contributed by atoms with van der Waals surface area (Å²) < 4.78 is 49.9. The van der Waals surface area contributed by atoms with Crippen molar-refractivity contribution in [2.24, 2.45) is 0 Å². The topological polar surface area (TPSA) is 71.7 Å². The molecule has 0 unspecified atom stereocenters. The van der Waals surface area contributed by atoms with Crippen LogP contribution in [-0.4, -0.2) is 59.1 Å². The van der Waals surface area contributed by atoms with E-state index in [0.717, 1.165) is 36.3 Å². The molecule has 10 heteroatoms. The summed E-state index contributed by atoms with van der Waals surface area (Å²) in [7, 11) is 1.60. The quantitative estimate of drug-likeness (QED) is 0.315. The van der Waals surface area contributed by atoms with E-state index in [2.05, 4.69) is 15.0 Å². The summed E-state index contributed by atoms with van der Waals surface area (Å²) in [4.78, 5) is 21.6. The molecule has 1 aliphatic heterocycles. The fraction of sp³-hybridized carbons (Fsp3) is 0.276. The number of aromatic nitrogens is 2. The Morgan fingerprint density at radius 2 is 1.69 bits per heavy atom. The second-order valence-electron chi connectivity index (χ2n) is 9.40. The van der Waals surface area contributed by atoms with E-state index in [1.54, 1.807) is 7.11 Å². The Kier molecular flexibility index (Phi) is 7.38. The molecule has 39 heavy (non-hydrogen) atoms. The molecule has 202 valence electrons. The van der Waals surface area contributed by atoms with Gasteiger partial charge in [0.15, 0.2) is 0 Å². The number of piperazine rings is 1. The number of carbonyl (C=O) groups is 1. The first-order valence-electron chi connectivity index (χ1n) is 12.5. The van der Waals surface area contributed by atoms with Crippen molar-refractivity contribution in [1.29, 1.82) is 0 Å². The lowest BCUT2D eigenvalue weighted by molar-refractivity contribution is -0.137. The highest BCUT2D eigenvalue weighted by atomic mass is 19.4. The number of amides is 1. The maximum Gasteiger partial charge on any atom is 0.416 e. The van der Waals surface area contributed by atoms with E-state index in [1.165, 1.54) is 12.1 Å². The van der Waals surface area contributed by atoms with Crippen molar-refractivity contribution in [3.05, 3.63) is 89.0 Å². The minimum Gasteiger partial charge on any atom is -0.496 e. The third-order valence-corrected chi connectivity index (χ3v) is 6.85. The fourth-order valence-corrected chi connectivity index (χ4v) is 4.70. The molecule has 0 N–H and O–H groups in total. The summed E-state index contributed by atoms with van der Waals surface area (Å²) in [5, 5.41) is 3.99. The Labute approximate surface area is 223 Å². The summed E-state index contributed by atoms with van der Waals surface area (Å²) in [5.41, 5.74) is 2.65. The average Bonchev–Trinajstić information content (AvgIpc) is 3.44. The van der Waals surface area contributed by atoms with Crippen molar-refractivity contribution in [3.8, 4) is 28.6 Å². The van der Waals surface area contributed by atoms with Gasteiger partial charge in [-0.2, -0.15) is 18.2 Å². The molecule has 1 amide bonds. The zero-order valence-corrected chi connectivity index (χ0v) is 21.5. The van der Waals surface area contributed by atoms with Crippen LogP contribution in [0.4, 0.5) is 13.2 Å². The molecule has 1 aliphatic rings. The molecule has 0 radical (unpaired) electrons. The van der Waals surface area contributed by atoms with Gasteiger partial charge in [0.2, 0.25) is 5.82 Å². The summed E-state index contributed by atoms with van der Waals surface area (Å²) >= 11 is 0. The van der Waals surface area contributed by atoms with Crippen molar-refractivity contribution >= 4 is 5.91 Å². The fourth-order valence-electron chi connectivity index (χ4n) is 4.70. The monoisotopic (exact) mass is 536 g/mol. The number of halogens is 3. The number of hydrogen-bond donors (Lipinski definition) is 0. The van der Waals surface area contributed by atoms with Gasteiger partial charge in [-0.3, -0.25) is 9.69 Å². The first kappa shape index (κ1) is 26.4.